The van der Waals surface area contributed by atoms with Gasteiger partial charge in [0.15, 0.2) is 11.2 Å². The summed E-state index contributed by atoms with van der Waals surface area (Å²) in [5.41, 5.74) is -0.401. The van der Waals surface area contributed by atoms with Crippen LogP contribution in [-0.2, 0) is 16.8 Å². The lowest BCUT2D eigenvalue weighted by molar-refractivity contribution is -0.141. The number of aromatic nitrogens is 1. The highest BCUT2D eigenvalue weighted by Crippen LogP contribution is 2.39. The SMILES string of the molecule is CCCSc1cccc(C(=O)C2(C(=O)O)CCn3cccc32)c1. The molecular weight excluding hydrogens is 310 g/mol. The van der Waals surface area contributed by atoms with Gasteiger partial charge in [-0.1, -0.05) is 19.1 Å². The number of hydrogen-bond donors (Lipinski definition) is 1. The summed E-state index contributed by atoms with van der Waals surface area (Å²) in [6.07, 6.45) is 3.19. The number of ketones is 1. The van der Waals surface area contributed by atoms with E-state index in [-0.39, 0.29) is 5.78 Å². The predicted molar refractivity (Wildman–Crippen MR) is 90.2 cm³/mol. The average Bonchev–Trinajstić information content (AvgIpc) is 3.15. The number of thioether (sulfide) groups is 1. The van der Waals surface area contributed by atoms with Crippen LogP contribution in [0.1, 0.15) is 35.8 Å². The fraction of sp³-hybridized carbons (Fsp3) is 0.333. The largest absolute Gasteiger partial charge is 0.480 e. The third kappa shape index (κ3) is 2.59. The summed E-state index contributed by atoms with van der Waals surface area (Å²) in [7, 11) is 0. The summed E-state index contributed by atoms with van der Waals surface area (Å²) in [6.45, 7) is 2.67. The van der Waals surface area contributed by atoms with Gasteiger partial charge in [-0.15, -0.1) is 11.8 Å². The van der Waals surface area contributed by atoms with Crippen molar-refractivity contribution in [3.8, 4) is 0 Å². The molecule has 2 heterocycles. The Bertz CT molecular complexity index is 752. The summed E-state index contributed by atoms with van der Waals surface area (Å²) >= 11 is 1.68. The average molecular weight is 329 g/mol. The highest BCUT2D eigenvalue weighted by atomic mass is 32.2. The Labute approximate surface area is 139 Å². The summed E-state index contributed by atoms with van der Waals surface area (Å²) in [5, 5.41) is 9.83. The topological polar surface area (TPSA) is 59.3 Å². The van der Waals surface area contributed by atoms with E-state index in [9.17, 15) is 14.7 Å². The number of hydrogen-bond acceptors (Lipinski definition) is 3. The second-order valence-corrected chi connectivity index (χ2v) is 6.92. The molecule has 5 heteroatoms. The van der Waals surface area contributed by atoms with Crippen LogP contribution in [-0.4, -0.2) is 27.2 Å². The first-order valence-corrected chi connectivity index (χ1v) is 8.75. The molecule has 0 saturated heterocycles. The van der Waals surface area contributed by atoms with Gasteiger partial charge in [0.05, 0.1) is 0 Å². The van der Waals surface area contributed by atoms with Crippen molar-refractivity contribution in [2.75, 3.05) is 5.75 Å². The van der Waals surface area contributed by atoms with Crippen LogP contribution in [0.25, 0.3) is 0 Å². The second-order valence-electron chi connectivity index (χ2n) is 5.75. The van der Waals surface area contributed by atoms with Gasteiger partial charge in [-0.05, 0) is 42.9 Å². The third-order valence-corrected chi connectivity index (χ3v) is 5.52. The van der Waals surface area contributed by atoms with Crippen molar-refractivity contribution >= 4 is 23.5 Å². The van der Waals surface area contributed by atoms with Crippen LogP contribution < -0.4 is 0 Å². The predicted octanol–water partition coefficient (Wildman–Crippen LogP) is 3.60. The van der Waals surface area contributed by atoms with E-state index in [2.05, 4.69) is 6.92 Å². The highest BCUT2D eigenvalue weighted by Gasteiger charge is 2.52. The first-order chi connectivity index (χ1) is 11.1. The van der Waals surface area contributed by atoms with Crippen molar-refractivity contribution in [3.05, 3.63) is 53.9 Å². The van der Waals surface area contributed by atoms with E-state index < -0.39 is 11.4 Å². The Morgan fingerprint density at radius 3 is 2.87 bits per heavy atom. The van der Waals surface area contributed by atoms with Crippen LogP contribution in [0.3, 0.4) is 0 Å². The van der Waals surface area contributed by atoms with Crippen LogP contribution >= 0.6 is 11.8 Å². The molecule has 1 unspecified atom stereocenters. The number of fused-ring (bicyclic) bond motifs is 1. The molecule has 1 aromatic heterocycles. The first-order valence-electron chi connectivity index (χ1n) is 7.76. The molecule has 0 spiro atoms. The van der Waals surface area contributed by atoms with Crippen molar-refractivity contribution < 1.29 is 14.7 Å². The van der Waals surface area contributed by atoms with Gasteiger partial charge in [-0.3, -0.25) is 9.59 Å². The summed E-state index contributed by atoms with van der Waals surface area (Å²) in [5.74, 6) is -0.405. The highest BCUT2D eigenvalue weighted by molar-refractivity contribution is 7.99. The van der Waals surface area contributed by atoms with E-state index in [1.54, 1.807) is 30.0 Å². The molecule has 1 atom stereocenters. The number of aliphatic carboxylic acids is 1. The van der Waals surface area contributed by atoms with Gasteiger partial charge in [0.1, 0.15) is 0 Å². The van der Waals surface area contributed by atoms with E-state index in [1.807, 2.05) is 29.0 Å². The fourth-order valence-corrected chi connectivity index (χ4v) is 3.97. The molecule has 120 valence electrons. The van der Waals surface area contributed by atoms with Crippen molar-refractivity contribution in [1.82, 2.24) is 4.57 Å². The standard InChI is InChI=1S/C18H19NO3S/c1-2-11-23-14-6-3-5-13(12-14)16(20)18(17(21)22)8-10-19-9-4-7-15(18)19/h3-7,9,12H,2,8,10-11H2,1H3,(H,21,22). The van der Waals surface area contributed by atoms with Crippen LogP contribution in [0.2, 0.25) is 0 Å². The minimum atomic E-state index is -1.46. The molecule has 1 N–H and O–H groups in total. The molecule has 1 aromatic carbocycles. The molecule has 1 aliphatic heterocycles. The zero-order valence-electron chi connectivity index (χ0n) is 13.0. The Hall–Kier alpha value is -2.01. The molecule has 0 aliphatic carbocycles. The van der Waals surface area contributed by atoms with Gasteiger partial charge >= 0.3 is 5.97 Å². The number of nitrogens with zero attached hydrogens (tertiary/aromatic N) is 1. The molecule has 0 fully saturated rings. The maximum Gasteiger partial charge on any atom is 0.323 e. The maximum absolute atomic E-state index is 13.1. The van der Waals surface area contributed by atoms with Crippen molar-refractivity contribution in [3.63, 3.8) is 0 Å². The number of carboxylic acids is 1. The Morgan fingerprint density at radius 1 is 1.30 bits per heavy atom. The lowest BCUT2D eigenvalue weighted by Gasteiger charge is -2.22. The zero-order chi connectivity index (χ0) is 16.4. The molecule has 3 rings (SSSR count). The number of Topliss-reactive ketones (excluding diaryl/α,β-unsaturated/α-hetero) is 1. The lowest BCUT2D eigenvalue weighted by Crippen LogP contribution is -2.42. The number of aryl methyl sites for hydroxylation is 1. The molecule has 2 aromatic rings. The molecule has 0 bridgehead atoms. The summed E-state index contributed by atoms with van der Waals surface area (Å²) in [6, 6.07) is 10.9. The molecule has 4 nitrogen and oxygen atoms in total. The Morgan fingerprint density at radius 2 is 2.13 bits per heavy atom. The minimum Gasteiger partial charge on any atom is -0.480 e. The molecule has 0 saturated carbocycles. The van der Waals surface area contributed by atoms with Crippen LogP contribution in [0, 0.1) is 0 Å². The van der Waals surface area contributed by atoms with E-state index >= 15 is 0 Å². The van der Waals surface area contributed by atoms with Crippen LogP contribution in [0.5, 0.6) is 0 Å². The molecular formula is C18H19NO3S. The molecule has 1 aliphatic rings. The van der Waals surface area contributed by atoms with E-state index in [4.69, 9.17) is 0 Å². The molecule has 23 heavy (non-hydrogen) atoms. The van der Waals surface area contributed by atoms with Crippen LogP contribution in [0.15, 0.2) is 47.5 Å². The van der Waals surface area contributed by atoms with Gasteiger partial charge in [-0.25, -0.2) is 0 Å². The quantitative estimate of drug-likeness (QED) is 0.500. The van der Waals surface area contributed by atoms with Gasteiger partial charge in [-0.2, -0.15) is 0 Å². The van der Waals surface area contributed by atoms with E-state index in [0.717, 1.165) is 17.1 Å². The van der Waals surface area contributed by atoms with E-state index in [0.29, 0.717) is 24.2 Å². The van der Waals surface area contributed by atoms with Gasteiger partial charge < -0.3 is 9.67 Å². The van der Waals surface area contributed by atoms with Gasteiger partial charge in [0.2, 0.25) is 0 Å². The first kappa shape index (κ1) is 15.9. The molecule has 0 radical (unpaired) electrons. The van der Waals surface area contributed by atoms with Gasteiger partial charge in [0, 0.05) is 28.9 Å². The summed E-state index contributed by atoms with van der Waals surface area (Å²) in [4.78, 5) is 26.1. The Balaban J connectivity index is 2.00. The van der Waals surface area contributed by atoms with Gasteiger partial charge in [0.25, 0.3) is 0 Å². The van der Waals surface area contributed by atoms with E-state index in [1.165, 1.54) is 0 Å². The fourth-order valence-electron chi connectivity index (χ4n) is 3.15. The number of carbonyl (C=O) groups excluding carboxylic acids is 1. The van der Waals surface area contributed by atoms with Crippen molar-refractivity contribution in [2.24, 2.45) is 0 Å². The monoisotopic (exact) mass is 329 g/mol. The second kappa shape index (κ2) is 6.24. The minimum absolute atomic E-state index is 0.309. The smallest absolute Gasteiger partial charge is 0.323 e. The molecule has 0 amide bonds. The number of rotatable bonds is 6. The number of benzene rings is 1. The number of carbonyl (C=O) groups is 2. The summed E-state index contributed by atoms with van der Waals surface area (Å²) < 4.78 is 1.86. The normalized spacial score (nSPS) is 19.5. The number of carboxylic acid groups (broad SMARTS) is 1. The van der Waals surface area contributed by atoms with Crippen LogP contribution in [0.4, 0.5) is 0 Å². The lowest BCUT2D eigenvalue weighted by atomic mass is 9.76. The van der Waals surface area contributed by atoms with Crippen molar-refractivity contribution in [2.45, 2.75) is 36.6 Å². The van der Waals surface area contributed by atoms with Crippen molar-refractivity contribution in [1.29, 1.82) is 0 Å². The Kier molecular flexibility index (Phi) is 4.31. The third-order valence-electron chi connectivity index (χ3n) is 4.32. The maximum atomic E-state index is 13.1. The zero-order valence-corrected chi connectivity index (χ0v) is 13.8.